The highest BCUT2D eigenvalue weighted by atomic mass is 19.1. The van der Waals surface area contributed by atoms with Gasteiger partial charge in [-0.25, -0.2) is 14.4 Å². The number of benzene rings is 1. The van der Waals surface area contributed by atoms with Gasteiger partial charge in [0.15, 0.2) is 5.82 Å². The topological polar surface area (TPSA) is 72.7 Å². The molecule has 1 N–H and O–H groups in total. The Bertz CT molecular complexity index is 950. The van der Waals surface area contributed by atoms with Crippen LogP contribution in [0.15, 0.2) is 36.5 Å². The molecule has 1 amide bonds. The maximum Gasteiger partial charge on any atom is 0.269 e. The Kier molecular flexibility index (Phi) is 3.34. The van der Waals surface area contributed by atoms with Crippen LogP contribution in [0.3, 0.4) is 0 Å². The van der Waals surface area contributed by atoms with Crippen LogP contribution in [-0.4, -0.2) is 32.2 Å². The van der Waals surface area contributed by atoms with Crippen molar-refractivity contribution in [1.82, 2.24) is 25.1 Å². The molecule has 1 aliphatic heterocycles. The van der Waals surface area contributed by atoms with Gasteiger partial charge in [0, 0.05) is 18.3 Å². The van der Waals surface area contributed by atoms with Gasteiger partial charge in [-0.3, -0.25) is 9.48 Å². The number of hydrogen-bond donors (Lipinski definition) is 1. The summed E-state index contributed by atoms with van der Waals surface area (Å²) >= 11 is 0. The highest BCUT2D eigenvalue weighted by Crippen LogP contribution is 2.23. The number of fused-ring (bicyclic) bond motifs is 1. The fraction of sp³-hybridized carbons (Fsp3) is 0.176. The van der Waals surface area contributed by atoms with Crippen molar-refractivity contribution >= 4 is 5.91 Å². The first-order valence-electron chi connectivity index (χ1n) is 7.58. The Morgan fingerprint density at radius 2 is 2.08 bits per heavy atom. The molecule has 0 fully saturated rings. The number of carbonyl (C=O) groups is 1. The molecule has 4 rings (SSSR count). The van der Waals surface area contributed by atoms with Crippen LogP contribution < -0.4 is 5.32 Å². The largest absolute Gasteiger partial charge is 0.349 e. The maximum absolute atomic E-state index is 13.8. The molecule has 7 heteroatoms. The number of aromatic nitrogens is 4. The summed E-state index contributed by atoms with van der Waals surface area (Å²) in [6.07, 6.45) is 1.60. The quantitative estimate of drug-likeness (QED) is 0.785. The highest BCUT2D eigenvalue weighted by molar-refractivity contribution is 5.94. The second-order valence-electron chi connectivity index (χ2n) is 5.62. The van der Waals surface area contributed by atoms with Crippen molar-refractivity contribution in [2.24, 2.45) is 0 Å². The molecular formula is C17H14FN5O. The number of nitrogens with one attached hydrogen (secondary N) is 1. The summed E-state index contributed by atoms with van der Waals surface area (Å²) < 4.78 is 15.4. The van der Waals surface area contributed by atoms with Crippen molar-refractivity contribution in [3.8, 4) is 22.8 Å². The molecular weight excluding hydrogens is 309 g/mol. The maximum atomic E-state index is 13.8. The average Bonchev–Trinajstić information content (AvgIpc) is 3.03. The predicted molar refractivity (Wildman–Crippen MR) is 85.7 cm³/mol. The molecule has 1 aliphatic rings. The van der Waals surface area contributed by atoms with Crippen molar-refractivity contribution in [2.75, 3.05) is 6.54 Å². The van der Waals surface area contributed by atoms with Crippen LogP contribution in [0.2, 0.25) is 0 Å². The number of nitrogens with zero attached hydrogens (tertiary/aromatic N) is 4. The van der Waals surface area contributed by atoms with Crippen LogP contribution in [0.5, 0.6) is 0 Å². The first-order valence-corrected chi connectivity index (χ1v) is 7.58. The summed E-state index contributed by atoms with van der Waals surface area (Å²) in [5, 5.41) is 7.21. The average molecular weight is 323 g/mol. The zero-order valence-corrected chi connectivity index (χ0v) is 13.0. The third kappa shape index (κ3) is 2.44. The molecule has 0 atom stereocenters. The summed E-state index contributed by atoms with van der Waals surface area (Å²) in [6, 6.07) is 8.32. The minimum atomic E-state index is -0.296. The van der Waals surface area contributed by atoms with Gasteiger partial charge in [0.2, 0.25) is 0 Å². The standard InChI is InChI=1S/C17H14FN5O/c1-10-2-3-11(8-12(10)18)16-19-5-4-13(21-16)14-9-15-17(24)20-6-7-23(15)22-14/h2-5,8-9H,6-7H2,1H3,(H,20,24). The monoisotopic (exact) mass is 323 g/mol. The second-order valence-corrected chi connectivity index (χ2v) is 5.62. The number of rotatable bonds is 2. The van der Waals surface area contributed by atoms with Crippen LogP contribution in [0.25, 0.3) is 22.8 Å². The molecule has 2 aromatic heterocycles. The van der Waals surface area contributed by atoms with Crippen molar-refractivity contribution in [2.45, 2.75) is 13.5 Å². The smallest absolute Gasteiger partial charge is 0.269 e. The van der Waals surface area contributed by atoms with Gasteiger partial charge in [0.25, 0.3) is 5.91 Å². The van der Waals surface area contributed by atoms with Crippen LogP contribution in [0, 0.1) is 12.7 Å². The Morgan fingerprint density at radius 1 is 1.21 bits per heavy atom. The van der Waals surface area contributed by atoms with Crippen molar-refractivity contribution in [3.05, 3.63) is 53.6 Å². The van der Waals surface area contributed by atoms with Gasteiger partial charge in [0.1, 0.15) is 17.2 Å². The van der Waals surface area contributed by atoms with E-state index in [0.717, 1.165) is 0 Å². The van der Waals surface area contributed by atoms with Gasteiger partial charge in [0.05, 0.1) is 12.2 Å². The molecule has 0 saturated heterocycles. The number of hydrogen-bond acceptors (Lipinski definition) is 4. The molecule has 3 heterocycles. The van der Waals surface area contributed by atoms with E-state index in [1.165, 1.54) is 6.07 Å². The van der Waals surface area contributed by atoms with Crippen molar-refractivity contribution in [1.29, 1.82) is 0 Å². The predicted octanol–water partition coefficient (Wildman–Crippen LogP) is 2.20. The normalized spacial score (nSPS) is 13.5. The first-order chi connectivity index (χ1) is 11.6. The molecule has 3 aromatic rings. The summed E-state index contributed by atoms with van der Waals surface area (Å²) in [7, 11) is 0. The molecule has 0 spiro atoms. The zero-order chi connectivity index (χ0) is 16.7. The van der Waals surface area contributed by atoms with Gasteiger partial charge in [-0.2, -0.15) is 5.10 Å². The molecule has 0 unspecified atom stereocenters. The fourth-order valence-corrected chi connectivity index (χ4v) is 2.63. The molecule has 1 aromatic carbocycles. The third-order valence-electron chi connectivity index (χ3n) is 3.97. The molecule has 24 heavy (non-hydrogen) atoms. The van der Waals surface area contributed by atoms with Gasteiger partial charge in [-0.1, -0.05) is 12.1 Å². The number of amides is 1. The molecule has 0 saturated carbocycles. The number of carbonyl (C=O) groups excluding carboxylic acids is 1. The SMILES string of the molecule is Cc1ccc(-c2nccc(-c3cc4n(n3)CCNC4=O)n2)cc1F. The van der Waals surface area contributed by atoms with Gasteiger partial charge in [-0.15, -0.1) is 0 Å². The molecule has 6 nitrogen and oxygen atoms in total. The zero-order valence-electron chi connectivity index (χ0n) is 13.0. The Morgan fingerprint density at radius 3 is 2.88 bits per heavy atom. The van der Waals surface area contributed by atoms with E-state index in [4.69, 9.17) is 0 Å². The Hall–Kier alpha value is -3.09. The van der Waals surface area contributed by atoms with E-state index in [2.05, 4.69) is 20.4 Å². The van der Waals surface area contributed by atoms with Crippen LogP contribution in [-0.2, 0) is 6.54 Å². The van der Waals surface area contributed by atoms with E-state index < -0.39 is 0 Å². The number of halogens is 1. The Balaban J connectivity index is 1.75. The van der Waals surface area contributed by atoms with E-state index in [1.54, 1.807) is 42.1 Å². The lowest BCUT2D eigenvalue weighted by Crippen LogP contribution is -2.35. The van der Waals surface area contributed by atoms with E-state index in [1.807, 2.05) is 0 Å². The minimum absolute atomic E-state index is 0.144. The lowest BCUT2D eigenvalue weighted by atomic mass is 10.1. The van der Waals surface area contributed by atoms with Gasteiger partial charge >= 0.3 is 0 Å². The number of aryl methyl sites for hydroxylation is 1. The van der Waals surface area contributed by atoms with E-state index in [-0.39, 0.29) is 11.7 Å². The van der Waals surface area contributed by atoms with Crippen molar-refractivity contribution < 1.29 is 9.18 Å². The summed E-state index contributed by atoms with van der Waals surface area (Å²) in [5.41, 5.74) is 2.87. The van der Waals surface area contributed by atoms with Crippen LogP contribution in [0.4, 0.5) is 4.39 Å². The second kappa shape index (κ2) is 5.52. The lowest BCUT2D eigenvalue weighted by molar-refractivity contribution is 0.0924. The summed E-state index contributed by atoms with van der Waals surface area (Å²) in [6.45, 7) is 2.89. The molecule has 0 aliphatic carbocycles. The highest BCUT2D eigenvalue weighted by Gasteiger charge is 2.20. The molecule has 0 radical (unpaired) electrons. The van der Waals surface area contributed by atoms with Crippen LogP contribution >= 0.6 is 0 Å². The third-order valence-corrected chi connectivity index (χ3v) is 3.97. The lowest BCUT2D eigenvalue weighted by Gasteiger charge is -2.13. The molecule has 120 valence electrons. The van der Waals surface area contributed by atoms with Crippen molar-refractivity contribution in [3.63, 3.8) is 0 Å². The van der Waals surface area contributed by atoms with E-state index >= 15 is 0 Å². The van der Waals surface area contributed by atoms with Gasteiger partial charge in [-0.05, 0) is 30.7 Å². The Labute approximate surface area is 137 Å². The fourth-order valence-electron chi connectivity index (χ4n) is 2.63. The summed E-state index contributed by atoms with van der Waals surface area (Å²) in [5.74, 6) is -0.0210. The van der Waals surface area contributed by atoms with E-state index in [0.29, 0.717) is 47.1 Å². The minimum Gasteiger partial charge on any atom is -0.349 e. The van der Waals surface area contributed by atoms with E-state index in [9.17, 15) is 9.18 Å². The molecule has 0 bridgehead atoms. The first kappa shape index (κ1) is 14.5. The summed E-state index contributed by atoms with van der Waals surface area (Å²) in [4.78, 5) is 20.5. The van der Waals surface area contributed by atoms with Crippen LogP contribution in [0.1, 0.15) is 16.1 Å². The van der Waals surface area contributed by atoms with Gasteiger partial charge < -0.3 is 5.32 Å².